The van der Waals surface area contributed by atoms with E-state index in [9.17, 15) is 4.79 Å². The van der Waals surface area contributed by atoms with Gasteiger partial charge in [0.2, 0.25) is 0 Å². The molecule has 1 saturated heterocycles. The van der Waals surface area contributed by atoms with Crippen LogP contribution in [0.5, 0.6) is 0 Å². The number of thiophene rings is 1. The van der Waals surface area contributed by atoms with Crippen LogP contribution in [0.4, 0.5) is 0 Å². The zero-order valence-corrected chi connectivity index (χ0v) is 13.6. The van der Waals surface area contributed by atoms with Crippen molar-refractivity contribution in [1.82, 2.24) is 4.90 Å². The van der Waals surface area contributed by atoms with Crippen LogP contribution in [0.15, 0.2) is 6.07 Å². The van der Waals surface area contributed by atoms with Crippen molar-refractivity contribution in [2.45, 2.75) is 45.1 Å². The van der Waals surface area contributed by atoms with Crippen molar-refractivity contribution in [3.8, 4) is 0 Å². The van der Waals surface area contributed by atoms with Crippen LogP contribution in [0.3, 0.4) is 0 Å². The topological polar surface area (TPSA) is 46.3 Å². The van der Waals surface area contributed by atoms with E-state index in [4.69, 9.17) is 5.73 Å². The maximum absolute atomic E-state index is 12.7. The molecule has 3 rings (SSSR count). The van der Waals surface area contributed by atoms with E-state index in [-0.39, 0.29) is 24.4 Å². The Morgan fingerprint density at radius 3 is 2.95 bits per heavy atom. The average molecular weight is 315 g/mol. The molecular weight excluding hydrogens is 292 g/mol. The van der Waals surface area contributed by atoms with E-state index in [0.29, 0.717) is 12.5 Å². The predicted octanol–water partition coefficient (Wildman–Crippen LogP) is 2.86. The van der Waals surface area contributed by atoms with Gasteiger partial charge in [0.05, 0.1) is 4.88 Å². The molecule has 1 aliphatic heterocycles. The second kappa shape index (κ2) is 6.46. The Bertz CT molecular complexity index is 467. The maximum atomic E-state index is 12.7. The molecule has 2 heterocycles. The number of hydrogen-bond donors (Lipinski definition) is 1. The van der Waals surface area contributed by atoms with Crippen LogP contribution in [0, 0.1) is 5.92 Å². The summed E-state index contributed by atoms with van der Waals surface area (Å²) in [5.41, 5.74) is 7.29. The fraction of sp³-hybridized carbons (Fsp3) is 0.667. The molecule has 0 saturated carbocycles. The van der Waals surface area contributed by atoms with Crippen molar-refractivity contribution < 1.29 is 4.79 Å². The Morgan fingerprint density at radius 1 is 1.45 bits per heavy atom. The smallest absolute Gasteiger partial charge is 0.264 e. The molecule has 2 N–H and O–H groups in total. The highest BCUT2D eigenvalue weighted by Crippen LogP contribution is 2.33. The van der Waals surface area contributed by atoms with Gasteiger partial charge >= 0.3 is 0 Å². The van der Waals surface area contributed by atoms with E-state index in [0.717, 1.165) is 30.7 Å². The Kier molecular flexibility index (Phi) is 5.10. The lowest BCUT2D eigenvalue weighted by Gasteiger charge is -2.39. The number of carbonyl (C=O) groups excluding carboxylic acids is 1. The lowest BCUT2D eigenvalue weighted by molar-refractivity contribution is 0.0537. The third kappa shape index (κ3) is 2.74. The molecule has 112 valence electrons. The summed E-state index contributed by atoms with van der Waals surface area (Å²) in [5.74, 6) is 0.732. The van der Waals surface area contributed by atoms with Crippen LogP contribution in [0.1, 0.15) is 46.3 Å². The number of amides is 1. The van der Waals surface area contributed by atoms with Crippen LogP contribution < -0.4 is 5.73 Å². The van der Waals surface area contributed by atoms with Gasteiger partial charge in [0.15, 0.2) is 0 Å². The molecule has 20 heavy (non-hydrogen) atoms. The zero-order chi connectivity index (χ0) is 13.4. The first-order valence-electron chi connectivity index (χ1n) is 7.33. The van der Waals surface area contributed by atoms with Crippen molar-refractivity contribution in [3.05, 3.63) is 21.4 Å². The summed E-state index contributed by atoms with van der Waals surface area (Å²) >= 11 is 1.71. The number of likely N-dealkylation sites (tertiary alicyclic amines) is 1. The van der Waals surface area contributed by atoms with Crippen molar-refractivity contribution >= 4 is 29.7 Å². The van der Waals surface area contributed by atoms with Gasteiger partial charge in [0.25, 0.3) is 5.91 Å². The predicted molar refractivity (Wildman–Crippen MR) is 85.9 cm³/mol. The molecule has 1 amide bonds. The zero-order valence-electron chi connectivity index (χ0n) is 11.9. The van der Waals surface area contributed by atoms with Crippen LogP contribution >= 0.6 is 23.7 Å². The first-order chi connectivity index (χ1) is 9.20. The Labute approximate surface area is 130 Å². The van der Waals surface area contributed by atoms with Crippen LogP contribution in [-0.4, -0.2) is 29.9 Å². The molecule has 2 unspecified atom stereocenters. The van der Waals surface area contributed by atoms with Gasteiger partial charge in [-0.1, -0.05) is 6.92 Å². The highest BCUT2D eigenvalue weighted by atomic mass is 35.5. The summed E-state index contributed by atoms with van der Waals surface area (Å²) < 4.78 is 0. The summed E-state index contributed by atoms with van der Waals surface area (Å²) in [6, 6.07) is 2.35. The van der Waals surface area contributed by atoms with Crippen molar-refractivity contribution in [2.75, 3.05) is 13.1 Å². The van der Waals surface area contributed by atoms with E-state index >= 15 is 0 Å². The molecule has 3 nitrogen and oxygen atoms in total. The summed E-state index contributed by atoms with van der Waals surface area (Å²) in [6.07, 6.45) is 5.85. The van der Waals surface area contributed by atoms with Crippen LogP contribution in [0.2, 0.25) is 0 Å². The SMILES string of the molecule is CC1CCCN(C(=O)c2cc3c(s2)CCC3)C1CN.Cl. The molecule has 1 aliphatic carbocycles. The lowest BCUT2D eigenvalue weighted by atomic mass is 9.90. The number of aryl methyl sites for hydroxylation is 2. The molecule has 5 heteroatoms. The number of carbonyl (C=O) groups is 1. The molecular formula is C15H23ClN2OS. The number of nitrogens with zero attached hydrogens (tertiary/aromatic N) is 1. The van der Waals surface area contributed by atoms with Gasteiger partial charge in [0.1, 0.15) is 0 Å². The number of rotatable bonds is 2. The monoisotopic (exact) mass is 314 g/mol. The largest absolute Gasteiger partial charge is 0.333 e. The molecule has 1 aromatic heterocycles. The number of piperidine rings is 1. The summed E-state index contributed by atoms with van der Waals surface area (Å²) in [6.45, 7) is 3.66. The van der Waals surface area contributed by atoms with Crippen molar-refractivity contribution in [2.24, 2.45) is 11.7 Å². The molecule has 1 fully saturated rings. The van der Waals surface area contributed by atoms with E-state index < -0.39 is 0 Å². The molecule has 0 spiro atoms. The summed E-state index contributed by atoms with van der Waals surface area (Å²) in [7, 11) is 0. The average Bonchev–Trinajstić information content (AvgIpc) is 2.98. The summed E-state index contributed by atoms with van der Waals surface area (Å²) in [4.78, 5) is 17.1. The van der Waals surface area contributed by atoms with Gasteiger partial charge in [-0.05, 0) is 49.7 Å². The van der Waals surface area contributed by atoms with Gasteiger partial charge in [-0.15, -0.1) is 23.7 Å². The third-order valence-corrected chi connectivity index (χ3v) is 5.80. The fourth-order valence-corrected chi connectivity index (χ4v) is 4.65. The Balaban J connectivity index is 0.00000147. The van der Waals surface area contributed by atoms with Crippen LogP contribution in [0.25, 0.3) is 0 Å². The van der Waals surface area contributed by atoms with Crippen molar-refractivity contribution in [1.29, 1.82) is 0 Å². The highest BCUT2D eigenvalue weighted by molar-refractivity contribution is 7.14. The van der Waals surface area contributed by atoms with Gasteiger partial charge in [-0.25, -0.2) is 0 Å². The van der Waals surface area contributed by atoms with Gasteiger partial charge in [0, 0.05) is 24.0 Å². The first kappa shape index (κ1) is 15.8. The minimum Gasteiger partial charge on any atom is -0.333 e. The normalized spacial score (nSPS) is 25.2. The summed E-state index contributed by atoms with van der Waals surface area (Å²) in [5, 5.41) is 0. The lowest BCUT2D eigenvalue weighted by Crippen LogP contribution is -2.51. The Hall–Kier alpha value is -0.580. The molecule has 2 atom stereocenters. The minimum absolute atomic E-state index is 0. The second-order valence-electron chi connectivity index (χ2n) is 5.83. The van der Waals surface area contributed by atoms with E-state index in [2.05, 4.69) is 13.0 Å². The third-order valence-electron chi connectivity index (χ3n) is 4.58. The molecule has 1 aromatic rings. The number of hydrogen-bond acceptors (Lipinski definition) is 3. The molecule has 0 aromatic carbocycles. The molecule has 0 bridgehead atoms. The fourth-order valence-electron chi connectivity index (χ4n) is 3.44. The molecule has 2 aliphatic rings. The van der Waals surface area contributed by atoms with Gasteiger partial charge < -0.3 is 10.6 Å². The van der Waals surface area contributed by atoms with Crippen LogP contribution in [-0.2, 0) is 12.8 Å². The standard InChI is InChI=1S/C15H22N2OS.ClH/c1-10-4-3-7-17(12(10)9-16)15(18)14-8-11-5-2-6-13(11)19-14;/h8,10,12H,2-7,9,16H2,1H3;1H. The molecule has 0 radical (unpaired) electrons. The quantitative estimate of drug-likeness (QED) is 0.912. The first-order valence-corrected chi connectivity index (χ1v) is 8.15. The number of halogens is 1. The number of fused-ring (bicyclic) bond motifs is 1. The number of nitrogens with two attached hydrogens (primary N) is 1. The van der Waals surface area contributed by atoms with Gasteiger partial charge in [-0.2, -0.15) is 0 Å². The van der Waals surface area contributed by atoms with Crippen molar-refractivity contribution in [3.63, 3.8) is 0 Å². The minimum atomic E-state index is 0. The van der Waals surface area contributed by atoms with E-state index in [1.165, 1.54) is 23.3 Å². The Morgan fingerprint density at radius 2 is 2.25 bits per heavy atom. The van der Waals surface area contributed by atoms with E-state index in [1.54, 1.807) is 11.3 Å². The van der Waals surface area contributed by atoms with E-state index in [1.807, 2.05) is 4.90 Å². The second-order valence-corrected chi connectivity index (χ2v) is 6.97. The van der Waals surface area contributed by atoms with Gasteiger partial charge in [-0.3, -0.25) is 4.79 Å². The highest BCUT2D eigenvalue weighted by Gasteiger charge is 2.32. The maximum Gasteiger partial charge on any atom is 0.264 e.